The van der Waals surface area contributed by atoms with E-state index in [4.69, 9.17) is 14.2 Å². The zero-order valence-electron chi connectivity index (χ0n) is 19.2. The van der Waals surface area contributed by atoms with Crippen LogP contribution in [0.25, 0.3) is 11.4 Å². The van der Waals surface area contributed by atoms with Gasteiger partial charge in [-0.05, 0) is 38.1 Å². The van der Waals surface area contributed by atoms with Crippen molar-refractivity contribution in [2.24, 2.45) is 0 Å². The number of benzene rings is 1. The summed E-state index contributed by atoms with van der Waals surface area (Å²) in [5.41, 5.74) is 1.55. The van der Waals surface area contributed by atoms with Crippen molar-refractivity contribution in [3.8, 4) is 28.6 Å². The van der Waals surface area contributed by atoms with Gasteiger partial charge in [0.2, 0.25) is 11.7 Å². The van der Waals surface area contributed by atoms with Gasteiger partial charge in [-0.15, -0.1) is 0 Å². The fourth-order valence-corrected chi connectivity index (χ4v) is 3.79. The van der Waals surface area contributed by atoms with Crippen molar-refractivity contribution in [1.29, 1.82) is 0 Å². The zero-order valence-corrected chi connectivity index (χ0v) is 19.2. The summed E-state index contributed by atoms with van der Waals surface area (Å²) in [6.45, 7) is 4.23. The van der Waals surface area contributed by atoms with E-state index >= 15 is 0 Å². The Balaban J connectivity index is 1.48. The van der Waals surface area contributed by atoms with Crippen molar-refractivity contribution in [3.05, 3.63) is 36.8 Å². The van der Waals surface area contributed by atoms with Gasteiger partial charge in [-0.3, -0.25) is 0 Å². The number of hydrogen-bond acceptors (Lipinski definition) is 10. The normalized spacial score (nSPS) is 13.5. The molecule has 1 fully saturated rings. The first-order chi connectivity index (χ1) is 16.2. The molecule has 174 valence electrons. The number of anilines is 3. The molecule has 0 spiro atoms. The number of methoxy groups -OCH3 is 3. The first kappa shape index (κ1) is 22.5. The van der Waals surface area contributed by atoms with Crippen molar-refractivity contribution in [3.63, 3.8) is 0 Å². The lowest BCUT2D eigenvalue weighted by atomic mass is 10.2. The van der Waals surface area contributed by atoms with Crippen LogP contribution in [0.4, 0.5) is 17.5 Å². The van der Waals surface area contributed by atoms with E-state index in [1.807, 2.05) is 12.1 Å². The molecule has 10 heteroatoms. The first-order valence-corrected chi connectivity index (χ1v) is 10.9. The van der Waals surface area contributed by atoms with Gasteiger partial charge < -0.3 is 29.7 Å². The highest BCUT2D eigenvalue weighted by molar-refractivity contribution is 5.66. The summed E-state index contributed by atoms with van der Waals surface area (Å²) in [6, 6.07) is 7.41. The van der Waals surface area contributed by atoms with Gasteiger partial charge in [-0.2, -0.15) is 4.98 Å². The minimum atomic E-state index is 0.398. The Labute approximate surface area is 193 Å². The van der Waals surface area contributed by atoms with Crippen molar-refractivity contribution in [2.45, 2.75) is 12.8 Å². The molecule has 0 bridgehead atoms. The Morgan fingerprint density at radius 3 is 2.39 bits per heavy atom. The van der Waals surface area contributed by atoms with Crippen LogP contribution in [0.15, 0.2) is 36.8 Å². The maximum Gasteiger partial charge on any atom is 0.230 e. The molecule has 2 aromatic heterocycles. The molecule has 4 rings (SSSR count). The molecule has 0 atom stereocenters. The van der Waals surface area contributed by atoms with Gasteiger partial charge in [0.05, 0.1) is 21.3 Å². The van der Waals surface area contributed by atoms with Gasteiger partial charge in [0.25, 0.3) is 0 Å². The van der Waals surface area contributed by atoms with Crippen LogP contribution in [-0.4, -0.2) is 72.3 Å². The topological polar surface area (TPSA) is 107 Å². The van der Waals surface area contributed by atoms with Crippen LogP contribution >= 0.6 is 0 Å². The van der Waals surface area contributed by atoms with E-state index in [1.54, 1.807) is 39.7 Å². The Hall–Kier alpha value is -3.66. The molecule has 0 radical (unpaired) electrons. The molecule has 1 aromatic carbocycles. The second-order valence-corrected chi connectivity index (χ2v) is 7.58. The fourth-order valence-electron chi connectivity index (χ4n) is 3.79. The van der Waals surface area contributed by atoms with Gasteiger partial charge in [-0.25, -0.2) is 15.0 Å². The number of ether oxygens (including phenoxy) is 3. The summed E-state index contributed by atoms with van der Waals surface area (Å²) in [6.07, 6.45) is 5.81. The molecule has 10 nitrogen and oxygen atoms in total. The van der Waals surface area contributed by atoms with Gasteiger partial charge in [-0.1, -0.05) is 0 Å². The SMILES string of the molecule is COc1cc(Nc2ncnc(-c3ccnc(NCCN4CCCC4)c3)n2)cc(OC)c1OC. The van der Waals surface area contributed by atoms with Crippen molar-refractivity contribution >= 4 is 17.5 Å². The second kappa shape index (κ2) is 10.8. The Morgan fingerprint density at radius 2 is 1.70 bits per heavy atom. The average molecular weight is 452 g/mol. The summed E-state index contributed by atoms with van der Waals surface area (Å²) >= 11 is 0. The molecular weight excluding hydrogens is 422 g/mol. The van der Waals surface area contributed by atoms with Crippen LogP contribution in [0.1, 0.15) is 12.8 Å². The first-order valence-electron chi connectivity index (χ1n) is 10.9. The molecule has 1 saturated heterocycles. The molecule has 3 heterocycles. The smallest absolute Gasteiger partial charge is 0.230 e. The summed E-state index contributed by atoms with van der Waals surface area (Å²) in [5, 5.41) is 6.57. The standard InChI is InChI=1S/C23H29N7O3/c1-31-18-13-17(14-19(32-2)21(18)33-3)28-23-27-15-26-22(29-23)16-6-7-24-20(12-16)25-8-11-30-9-4-5-10-30/h6-7,12-15H,4-5,8-11H2,1-3H3,(H,24,25)(H,26,27,28,29). The maximum absolute atomic E-state index is 5.41. The monoisotopic (exact) mass is 451 g/mol. The average Bonchev–Trinajstić information content (AvgIpc) is 3.37. The number of rotatable bonds is 10. The second-order valence-electron chi connectivity index (χ2n) is 7.58. The quantitative estimate of drug-likeness (QED) is 0.477. The van der Waals surface area contributed by atoms with E-state index in [0.717, 1.165) is 24.5 Å². The number of nitrogens with zero attached hydrogens (tertiary/aromatic N) is 5. The molecule has 0 aliphatic carbocycles. The summed E-state index contributed by atoms with van der Waals surface area (Å²) in [5.74, 6) is 3.33. The van der Waals surface area contributed by atoms with Gasteiger partial charge in [0.1, 0.15) is 12.1 Å². The zero-order chi connectivity index (χ0) is 23.0. The van der Waals surface area contributed by atoms with Crippen molar-refractivity contribution < 1.29 is 14.2 Å². The molecular formula is C23H29N7O3. The lowest BCUT2D eigenvalue weighted by Gasteiger charge is -2.15. The Kier molecular flexibility index (Phi) is 7.36. The summed E-state index contributed by atoms with van der Waals surface area (Å²) < 4.78 is 16.2. The van der Waals surface area contributed by atoms with Gasteiger partial charge >= 0.3 is 0 Å². The van der Waals surface area contributed by atoms with Crippen LogP contribution in [0.3, 0.4) is 0 Å². The lowest BCUT2D eigenvalue weighted by Crippen LogP contribution is -2.26. The van der Waals surface area contributed by atoms with Crippen LogP contribution in [0.2, 0.25) is 0 Å². The van der Waals surface area contributed by atoms with E-state index < -0.39 is 0 Å². The highest BCUT2D eigenvalue weighted by Crippen LogP contribution is 2.40. The lowest BCUT2D eigenvalue weighted by molar-refractivity contribution is 0.324. The summed E-state index contributed by atoms with van der Waals surface area (Å²) in [7, 11) is 4.71. The molecule has 0 unspecified atom stereocenters. The molecule has 1 aliphatic rings. The highest BCUT2D eigenvalue weighted by Gasteiger charge is 2.15. The Morgan fingerprint density at radius 1 is 0.939 bits per heavy atom. The van der Waals surface area contributed by atoms with Crippen molar-refractivity contribution in [2.75, 3.05) is 58.1 Å². The molecule has 0 amide bonds. The number of aromatic nitrogens is 4. The number of hydrogen-bond donors (Lipinski definition) is 2. The fraction of sp³-hybridized carbons (Fsp3) is 0.391. The third kappa shape index (κ3) is 5.58. The molecule has 33 heavy (non-hydrogen) atoms. The number of likely N-dealkylation sites (tertiary alicyclic amines) is 1. The predicted octanol–water partition coefficient (Wildman–Crippen LogP) is 3.21. The Bertz CT molecular complexity index is 1050. The molecule has 1 aliphatic heterocycles. The van der Waals surface area contributed by atoms with Crippen LogP contribution < -0.4 is 24.8 Å². The minimum Gasteiger partial charge on any atom is -0.493 e. The van der Waals surface area contributed by atoms with Crippen LogP contribution in [0.5, 0.6) is 17.2 Å². The number of nitrogens with one attached hydrogen (secondary N) is 2. The van der Waals surface area contributed by atoms with Crippen LogP contribution in [0, 0.1) is 0 Å². The van der Waals surface area contributed by atoms with E-state index in [9.17, 15) is 0 Å². The van der Waals surface area contributed by atoms with Gasteiger partial charge in [0, 0.05) is 42.7 Å². The van der Waals surface area contributed by atoms with E-state index in [2.05, 4.69) is 35.5 Å². The molecule has 2 N–H and O–H groups in total. The third-order valence-electron chi connectivity index (χ3n) is 5.44. The van der Waals surface area contributed by atoms with Crippen LogP contribution in [-0.2, 0) is 0 Å². The highest BCUT2D eigenvalue weighted by atomic mass is 16.5. The van der Waals surface area contributed by atoms with Gasteiger partial charge in [0.15, 0.2) is 17.3 Å². The predicted molar refractivity (Wildman–Crippen MR) is 127 cm³/mol. The van der Waals surface area contributed by atoms with E-state index in [0.29, 0.717) is 34.7 Å². The van der Waals surface area contributed by atoms with Crippen molar-refractivity contribution in [1.82, 2.24) is 24.8 Å². The molecule has 0 saturated carbocycles. The minimum absolute atomic E-state index is 0.398. The van der Waals surface area contributed by atoms with E-state index in [-0.39, 0.29) is 0 Å². The third-order valence-corrected chi connectivity index (χ3v) is 5.44. The summed E-state index contributed by atoms with van der Waals surface area (Å²) in [4.78, 5) is 20.0. The number of pyridine rings is 1. The molecule has 3 aromatic rings. The maximum atomic E-state index is 5.41. The van der Waals surface area contributed by atoms with E-state index in [1.165, 1.54) is 32.3 Å². The largest absolute Gasteiger partial charge is 0.493 e.